The first-order valence-corrected chi connectivity index (χ1v) is 7.72. The number of aromatic nitrogens is 1. The molecule has 0 bridgehead atoms. The van der Waals surface area contributed by atoms with Crippen molar-refractivity contribution in [1.82, 2.24) is 4.98 Å². The van der Waals surface area contributed by atoms with Crippen molar-refractivity contribution in [2.75, 3.05) is 23.3 Å². The van der Waals surface area contributed by atoms with E-state index in [-0.39, 0.29) is 6.61 Å². The average Bonchev–Trinajstić information content (AvgIpc) is 2.95. The van der Waals surface area contributed by atoms with Crippen LogP contribution in [0.4, 0.5) is 10.8 Å². The summed E-state index contributed by atoms with van der Waals surface area (Å²) in [5, 5.41) is 13.7. The van der Waals surface area contributed by atoms with Crippen LogP contribution in [0.15, 0.2) is 30.5 Å². The van der Waals surface area contributed by atoms with Gasteiger partial charge in [0.15, 0.2) is 5.13 Å². The van der Waals surface area contributed by atoms with E-state index in [9.17, 15) is 5.11 Å². The van der Waals surface area contributed by atoms with E-state index in [1.165, 1.54) is 4.88 Å². The molecule has 0 aliphatic carbocycles. The highest BCUT2D eigenvalue weighted by Crippen LogP contribution is 2.23. The highest BCUT2D eigenvalue weighted by Gasteiger charge is 2.08. The Bertz CT molecular complexity index is 537. The third kappa shape index (κ3) is 3.49. The molecule has 0 aliphatic rings. The van der Waals surface area contributed by atoms with E-state index in [0.717, 1.165) is 36.0 Å². The summed E-state index contributed by atoms with van der Waals surface area (Å²) in [6.07, 6.45) is 1.92. The first-order valence-electron chi connectivity index (χ1n) is 6.90. The maximum atomic E-state index is 9.30. The number of hydrogen-bond acceptors (Lipinski definition) is 5. The molecule has 1 aromatic carbocycles. The van der Waals surface area contributed by atoms with Gasteiger partial charge < -0.3 is 15.3 Å². The summed E-state index contributed by atoms with van der Waals surface area (Å²) in [5.41, 5.74) is 1.90. The van der Waals surface area contributed by atoms with Crippen LogP contribution in [0.3, 0.4) is 0 Å². The fraction of sp³-hybridized carbons (Fsp3) is 0.400. The second-order valence-electron chi connectivity index (χ2n) is 4.45. The van der Waals surface area contributed by atoms with E-state index in [2.05, 4.69) is 29.0 Å². The predicted molar refractivity (Wildman–Crippen MR) is 85.4 cm³/mol. The third-order valence-electron chi connectivity index (χ3n) is 3.22. The number of anilines is 2. The highest BCUT2D eigenvalue weighted by atomic mass is 32.1. The number of rotatable bonds is 7. The number of aliphatic hydroxyl groups is 1. The largest absolute Gasteiger partial charge is 0.392 e. The van der Waals surface area contributed by atoms with Crippen molar-refractivity contribution in [3.8, 4) is 0 Å². The summed E-state index contributed by atoms with van der Waals surface area (Å²) in [6, 6.07) is 7.81. The monoisotopic (exact) mass is 291 g/mol. The van der Waals surface area contributed by atoms with Crippen LogP contribution in [-0.2, 0) is 13.2 Å². The number of aliphatic hydroxyl groups excluding tert-OH is 1. The molecule has 2 aromatic rings. The normalized spacial score (nSPS) is 10.6. The van der Waals surface area contributed by atoms with E-state index in [1.54, 1.807) is 11.3 Å². The van der Waals surface area contributed by atoms with Gasteiger partial charge in [-0.25, -0.2) is 4.98 Å². The second kappa shape index (κ2) is 7.26. The van der Waals surface area contributed by atoms with Gasteiger partial charge in [0.2, 0.25) is 0 Å². The van der Waals surface area contributed by atoms with E-state index in [4.69, 9.17) is 0 Å². The molecule has 0 radical (unpaired) electrons. The zero-order valence-corrected chi connectivity index (χ0v) is 12.8. The molecule has 5 heteroatoms. The van der Waals surface area contributed by atoms with Gasteiger partial charge in [-0.2, -0.15) is 0 Å². The van der Waals surface area contributed by atoms with Gasteiger partial charge in [-0.3, -0.25) is 0 Å². The van der Waals surface area contributed by atoms with Gasteiger partial charge in [-0.15, -0.1) is 11.3 Å². The number of nitrogens with one attached hydrogen (secondary N) is 1. The Kier molecular flexibility index (Phi) is 5.38. The quantitative estimate of drug-likeness (QED) is 0.823. The molecule has 0 spiro atoms. The Morgan fingerprint density at radius 1 is 1.25 bits per heavy atom. The Morgan fingerprint density at radius 2 is 2.00 bits per heavy atom. The Labute approximate surface area is 124 Å². The third-order valence-corrected chi connectivity index (χ3v) is 4.27. The summed E-state index contributed by atoms with van der Waals surface area (Å²) in [4.78, 5) is 7.91. The SMILES string of the molecule is CCN(CC)c1ncc(CNc2ccccc2CO)s1. The van der Waals surface area contributed by atoms with Crippen molar-refractivity contribution >= 4 is 22.2 Å². The summed E-state index contributed by atoms with van der Waals surface area (Å²) >= 11 is 1.71. The lowest BCUT2D eigenvalue weighted by molar-refractivity contribution is 0.282. The van der Waals surface area contributed by atoms with E-state index >= 15 is 0 Å². The molecule has 0 unspecified atom stereocenters. The van der Waals surface area contributed by atoms with Crippen LogP contribution in [0, 0.1) is 0 Å². The second-order valence-corrected chi connectivity index (χ2v) is 5.54. The highest BCUT2D eigenvalue weighted by molar-refractivity contribution is 7.15. The molecule has 1 heterocycles. The first-order chi connectivity index (χ1) is 9.78. The molecular weight excluding hydrogens is 270 g/mol. The maximum absolute atomic E-state index is 9.30. The van der Waals surface area contributed by atoms with E-state index in [1.807, 2.05) is 30.5 Å². The molecule has 1 aromatic heterocycles. The molecule has 108 valence electrons. The number of benzene rings is 1. The van der Waals surface area contributed by atoms with Crippen LogP contribution in [0.2, 0.25) is 0 Å². The summed E-state index contributed by atoms with van der Waals surface area (Å²) in [7, 11) is 0. The minimum absolute atomic E-state index is 0.0521. The van der Waals surface area contributed by atoms with Crippen LogP contribution in [0.1, 0.15) is 24.3 Å². The molecular formula is C15H21N3OS. The van der Waals surface area contributed by atoms with Crippen LogP contribution < -0.4 is 10.2 Å². The number of thiazole rings is 1. The molecule has 0 amide bonds. The fourth-order valence-corrected chi connectivity index (χ4v) is 3.01. The van der Waals surface area contributed by atoms with Crippen molar-refractivity contribution in [2.24, 2.45) is 0 Å². The molecule has 0 saturated carbocycles. The van der Waals surface area contributed by atoms with Gasteiger partial charge in [0.25, 0.3) is 0 Å². The summed E-state index contributed by atoms with van der Waals surface area (Å²) in [6.45, 7) is 7.02. The average molecular weight is 291 g/mol. The zero-order valence-electron chi connectivity index (χ0n) is 12.0. The molecule has 0 fully saturated rings. The number of nitrogens with zero attached hydrogens (tertiary/aromatic N) is 2. The lowest BCUT2D eigenvalue weighted by Crippen LogP contribution is -2.21. The van der Waals surface area contributed by atoms with Crippen molar-refractivity contribution in [3.05, 3.63) is 40.9 Å². The van der Waals surface area contributed by atoms with Gasteiger partial charge in [-0.05, 0) is 19.9 Å². The van der Waals surface area contributed by atoms with Gasteiger partial charge in [0.05, 0.1) is 13.2 Å². The van der Waals surface area contributed by atoms with Crippen molar-refractivity contribution in [3.63, 3.8) is 0 Å². The van der Waals surface area contributed by atoms with Crippen molar-refractivity contribution in [2.45, 2.75) is 27.0 Å². The summed E-state index contributed by atoms with van der Waals surface area (Å²) in [5.74, 6) is 0. The van der Waals surface area contributed by atoms with Crippen LogP contribution in [0.5, 0.6) is 0 Å². The Hall–Kier alpha value is -1.59. The van der Waals surface area contributed by atoms with Crippen LogP contribution in [0.25, 0.3) is 0 Å². The minimum Gasteiger partial charge on any atom is -0.392 e. The first kappa shape index (κ1) is 14.8. The molecule has 2 rings (SSSR count). The van der Waals surface area contributed by atoms with Crippen molar-refractivity contribution < 1.29 is 5.11 Å². The summed E-state index contributed by atoms with van der Waals surface area (Å²) < 4.78 is 0. The molecule has 4 nitrogen and oxygen atoms in total. The number of hydrogen-bond donors (Lipinski definition) is 2. The van der Waals surface area contributed by atoms with Crippen LogP contribution in [-0.4, -0.2) is 23.2 Å². The van der Waals surface area contributed by atoms with E-state index < -0.39 is 0 Å². The lowest BCUT2D eigenvalue weighted by Gasteiger charge is -2.16. The predicted octanol–water partition coefficient (Wildman–Crippen LogP) is 3.09. The van der Waals surface area contributed by atoms with E-state index in [0.29, 0.717) is 0 Å². The number of para-hydroxylation sites is 1. The van der Waals surface area contributed by atoms with Gasteiger partial charge in [0, 0.05) is 35.4 Å². The topological polar surface area (TPSA) is 48.4 Å². The molecule has 2 N–H and O–H groups in total. The molecule has 0 atom stereocenters. The molecule has 20 heavy (non-hydrogen) atoms. The Morgan fingerprint density at radius 3 is 2.70 bits per heavy atom. The molecule has 0 saturated heterocycles. The maximum Gasteiger partial charge on any atom is 0.185 e. The lowest BCUT2D eigenvalue weighted by atomic mass is 10.2. The fourth-order valence-electron chi connectivity index (χ4n) is 2.03. The minimum atomic E-state index is 0.0521. The van der Waals surface area contributed by atoms with Gasteiger partial charge in [0.1, 0.15) is 0 Å². The molecule has 0 aliphatic heterocycles. The smallest absolute Gasteiger partial charge is 0.185 e. The Balaban J connectivity index is 2.01. The standard InChI is InChI=1S/C15H21N3OS/c1-3-18(4-2)15-17-10-13(20-15)9-16-14-8-6-5-7-12(14)11-19/h5-8,10,16,19H,3-4,9,11H2,1-2H3. The van der Waals surface area contributed by atoms with Gasteiger partial charge >= 0.3 is 0 Å². The zero-order chi connectivity index (χ0) is 14.4. The van der Waals surface area contributed by atoms with Gasteiger partial charge in [-0.1, -0.05) is 18.2 Å². The van der Waals surface area contributed by atoms with Crippen molar-refractivity contribution in [1.29, 1.82) is 0 Å². The van der Waals surface area contributed by atoms with Crippen LogP contribution >= 0.6 is 11.3 Å².